The summed E-state index contributed by atoms with van der Waals surface area (Å²) in [5, 5.41) is 0. The van der Waals surface area contributed by atoms with Crippen LogP contribution in [0.4, 0.5) is 0 Å². The molecular formula is C27H38O9. The third-order valence-corrected chi connectivity index (χ3v) is 6.70. The molecule has 3 saturated heterocycles. The van der Waals surface area contributed by atoms with Crippen molar-refractivity contribution in [2.24, 2.45) is 0 Å². The van der Waals surface area contributed by atoms with Gasteiger partial charge < -0.3 is 42.6 Å². The van der Waals surface area contributed by atoms with Crippen LogP contribution in [0.2, 0.25) is 0 Å². The maximum Gasteiger partial charge on any atom is 0.190 e. The van der Waals surface area contributed by atoms with Gasteiger partial charge in [-0.2, -0.15) is 0 Å². The molecule has 4 aliphatic heterocycles. The smallest absolute Gasteiger partial charge is 0.190 e. The molecular weight excluding hydrogens is 468 g/mol. The molecule has 1 aromatic carbocycles. The fraction of sp³-hybridized carbons (Fsp3) is 0.704. The highest BCUT2D eigenvalue weighted by Gasteiger charge is 2.59. The Bertz CT molecular complexity index is 1010. The molecule has 0 aliphatic carbocycles. The summed E-state index contributed by atoms with van der Waals surface area (Å²) in [6.07, 6.45) is 1.85. The fourth-order valence-corrected chi connectivity index (χ4v) is 5.17. The number of benzene rings is 1. The maximum absolute atomic E-state index is 6.61. The molecule has 5 rings (SSSR count). The minimum atomic E-state index is -0.780. The van der Waals surface area contributed by atoms with Gasteiger partial charge in [0.25, 0.3) is 0 Å². The van der Waals surface area contributed by atoms with Crippen LogP contribution in [0.3, 0.4) is 0 Å². The molecule has 0 bridgehead atoms. The molecule has 0 amide bonds. The first-order chi connectivity index (χ1) is 16.9. The predicted octanol–water partition coefficient (Wildman–Crippen LogP) is 4.19. The van der Waals surface area contributed by atoms with Gasteiger partial charge in [0, 0.05) is 5.56 Å². The molecule has 9 heteroatoms. The van der Waals surface area contributed by atoms with Crippen LogP contribution in [0.25, 0.3) is 6.08 Å². The Labute approximate surface area is 212 Å². The van der Waals surface area contributed by atoms with E-state index in [4.69, 9.17) is 42.6 Å². The maximum atomic E-state index is 6.61. The second-order valence-corrected chi connectivity index (χ2v) is 11.0. The van der Waals surface area contributed by atoms with Crippen LogP contribution in [0.1, 0.15) is 59.6 Å². The molecule has 4 heterocycles. The molecule has 0 aromatic heterocycles. The highest BCUT2D eigenvalue weighted by Crippen LogP contribution is 2.47. The lowest BCUT2D eigenvalue weighted by atomic mass is 9.98. The number of methoxy groups -OCH3 is 1. The number of fused-ring (bicyclic) bond motifs is 2. The Morgan fingerprint density at radius 1 is 1.00 bits per heavy atom. The Balaban J connectivity index is 1.47. The summed E-state index contributed by atoms with van der Waals surface area (Å²) in [6.45, 7) is 14.5. The van der Waals surface area contributed by atoms with Crippen molar-refractivity contribution < 1.29 is 42.6 Å². The largest absolute Gasteiger partial charge is 0.493 e. The van der Waals surface area contributed by atoms with Gasteiger partial charge in [-0.05, 0) is 60.6 Å². The first-order valence-electron chi connectivity index (χ1n) is 12.6. The van der Waals surface area contributed by atoms with Crippen molar-refractivity contribution in [1.29, 1.82) is 0 Å². The van der Waals surface area contributed by atoms with Gasteiger partial charge in [-0.3, -0.25) is 0 Å². The van der Waals surface area contributed by atoms with Crippen molar-refractivity contribution in [2.45, 2.75) is 103 Å². The zero-order chi connectivity index (χ0) is 25.9. The predicted molar refractivity (Wildman–Crippen MR) is 130 cm³/mol. The molecule has 0 N–H and O–H groups in total. The molecule has 200 valence electrons. The number of hydrogen-bond acceptors (Lipinski definition) is 9. The van der Waals surface area contributed by atoms with E-state index in [9.17, 15) is 0 Å². The Hall–Kier alpha value is -1.88. The molecule has 3 fully saturated rings. The Morgan fingerprint density at radius 2 is 1.78 bits per heavy atom. The van der Waals surface area contributed by atoms with Crippen LogP contribution < -0.4 is 14.2 Å². The van der Waals surface area contributed by atoms with Gasteiger partial charge >= 0.3 is 0 Å². The second-order valence-electron chi connectivity index (χ2n) is 11.0. The first kappa shape index (κ1) is 25.8. The fourth-order valence-electron chi connectivity index (χ4n) is 5.17. The normalized spacial score (nSPS) is 33.2. The van der Waals surface area contributed by atoms with E-state index in [1.807, 2.05) is 66.7 Å². The SMILES string of the molecule is CCOc1c(OC)cc2c(c1CO[C@@H]1[C@H]3OC(C)(C)O[C@H]3O[C@@H]1[C@@H]1COC(C)(C)O1)OC(C)(C)C=C2. The molecule has 9 nitrogen and oxygen atoms in total. The Kier molecular flexibility index (Phi) is 6.54. The van der Waals surface area contributed by atoms with E-state index in [1.54, 1.807) is 7.11 Å². The highest BCUT2D eigenvalue weighted by atomic mass is 16.8. The third kappa shape index (κ3) is 4.85. The summed E-state index contributed by atoms with van der Waals surface area (Å²) in [7, 11) is 1.63. The van der Waals surface area contributed by atoms with Gasteiger partial charge in [0.1, 0.15) is 35.8 Å². The zero-order valence-electron chi connectivity index (χ0n) is 22.4. The number of hydrogen-bond donors (Lipinski definition) is 0. The van der Waals surface area contributed by atoms with Crippen molar-refractivity contribution in [1.82, 2.24) is 0 Å². The van der Waals surface area contributed by atoms with Crippen LogP contribution >= 0.6 is 0 Å². The average Bonchev–Trinajstić information content (AvgIpc) is 3.41. The summed E-state index contributed by atoms with van der Waals surface area (Å²) in [6, 6.07) is 1.93. The van der Waals surface area contributed by atoms with Crippen molar-refractivity contribution in [3.63, 3.8) is 0 Å². The highest BCUT2D eigenvalue weighted by molar-refractivity contribution is 5.70. The van der Waals surface area contributed by atoms with E-state index in [0.717, 1.165) is 11.1 Å². The molecule has 36 heavy (non-hydrogen) atoms. The number of rotatable bonds is 7. The molecule has 4 aliphatic rings. The van der Waals surface area contributed by atoms with Crippen molar-refractivity contribution in [2.75, 3.05) is 20.3 Å². The van der Waals surface area contributed by atoms with Crippen LogP contribution in [0.15, 0.2) is 12.1 Å². The number of ether oxygens (including phenoxy) is 9. The monoisotopic (exact) mass is 506 g/mol. The zero-order valence-corrected chi connectivity index (χ0v) is 22.4. The molecule has 0 spiro atoms. The van der Waals surface area contributed by atoms with Gasteiger partial charge in [0.15, 0.2) is 29.4 Å². The van der Waals surface area contributed by atoms with Gasteiger partial charge in [-0.25, -0.2) is 0 Å². The lowest BCUT2D eigenvalue weighted by Gasteiger charge is -2.32. The Morgan fingerprint density at radius 3 is 2.44 bits per heavy atom. The van der Waals surface area contributed by atoms with Crippen molar-refractivity contribution in [3.05, 3.63) is 23.3 Å². The van der Waals surface area contributed by atoms with Crippen LogP contribution in [0.5, 0.6) is 17.2 Å². The van der Waals surface area contributed by atoms with E-state index < -0.39 is 41.8 Å². The summed E-state index contributed by atoms with van der Waals surface area (Å²) >= 11 is 0. The van der Waals surface area contributed by atoms with Gasteiger partial charge in [-0.1, -0.05) is 6.08 Å². The van der Waals surface area contributed by atoms with Gasteiger partial charge in [0.2, 0.25) is 0 Å². The second kappa shape index (κ2) is 9.15. The van der Waals surface area contributed by atoms with Gasteiger partial charge in [-0.15, -0.1) is 0 Å². The molecule has 1 aromatic rings. The topological polar surface area (TPSA) is 83.1 Å². The summed E-state index contributed by atoms with van der Waals surface area (Å²) in [5.74, 6) is 0.455. The summed E-state index contributed by atoms with van der Waals surface area (Å²) in [5.41, 5.74) is 1.20. The summed E-state index contributed by atoms with van der Waals surface area (Å²) in [4.78, 5) is 0. The minimum absolute atomic E-state index is 0.188. The van der Waals surface area contributed by atoms with E-state index in [-0.39, 0.29) is 12.7 Å². The lowest BCUT2D eigenvalue weighted by molar-refractivity contribution is -0.236. The van der Waals surface area contributed by atoms with Crippen molar-refractivity contribution in [3.8, 4) is 17.2 Å². The van der Waals surface area contributed by atoms with E-state index >= 15 is 0 Å². The average molecular weight is 507 g/mol. The van der Waals surface area contributed by atoms with E-state index in [2.05, 4.69) is 0 Å². The quantitative estimate of drug-likeness (QED) is 0.541. The molecule has 5 atom stereocenters. The molecule has 0 unspecified atom stereocenters. The van der Waals surface area contributed by atoms with Crippen molar-refractivity contribution >= 4 is 6.08 Å². The van der Waals surface area contributed by atoms with Crippen LogP contribution in [0, 0.1) is 0 Å². The first-order valence-corrected chi connectivity index (χ1v) is 12.6. The standard InChI is InChI=1S/C27H38O9/c1-9-29-20-16(19-15(12-17(20)28-8)10-11-25(2,3)34-19)13-30-22-21(18-14-31-26(4,5)33-18)32-24-23(22)35-27(6,7)36-24/h10-12,18,21-24H,9,13-14H2,1-8H3/t18-,21+,22-,23+,24+/m0/s1. The third-order valence-electron chi connectivity index (χ3n) is 6.70. The van der Waals surface area contributed by atoms with Crippen LogP contribution in [-0.2, 0) is 35.0 Å². The molecule has 0 radical (unpaired) electrons. The van der Waals surface area contributed by atoms with Gasteiger partial charge in [0.05, 0.1) is 32.5 Å². The van der Waals surface area contributed by atoms with Crippen LogP contribution in [-0.4, -0.2) is 68.2 Å². The summed E-state index contributed by atoms with van der Waals surface area (Å²) < 4.78 is 55.2. The van der Waals surface area contributed by atoms with E-state index in [0.29, 0.717) is 30.5 Å². The van der Waals surface area contributed by atoms with E-state index in [1.165, 1.54) is 0 Å². The molecule has 0 saturated carbocycles. The minimum Gasteiger partial charge on any atom is -0.493 e. The lowest BCUT2D eigenvalue weighted by Crippen LogP contribution is -2.44.